The predicted octanol–water partition coefficient (Wildman–Crippen LogP) is 1.60. The third kappa shape index (κ3) is 1.79. The van der Waals surface area contributed by atoms with E-state index in [1.807, 2.05) is 16.8 Å². The summed E-state index contributed by atoms with van der Waals surface area (Å²) in [6.45, 7) is 2.58. The highest BCUT2D eigenvalue weighted by atomic mass is 16.3. The van der Waals surface area contributed by atoms with E-state index in [2.05, 4.69) is 12.0 Å². The molecule has 0 saturated carbocycles. The molecule has 0 aliphatic heterocycles. The Labute approximate surface area is 94.3 Å². The number of phenols is 1. The second-order valence-corrected chi connectivity index (χ2v) is 3.60. The van der Waals surface area contributed by atoms with Crippen LogP contribution in [0.15, 0.2) is 30.5 Å². The van der Waals surface area contributed by atoms with E-state index in [4.69, 9.17) is 5.73 Å². The van der Waals surface area contributed by atoms with Crippen LogP contribution in [0.3, 0.4) is 0 Å². The number of nitrogens with zero attached hydrogens (tertiary/aromatic N) is 2. The Morgan fingerprint density at radius 1 is 1.31 bits per heavy atom. The van der Waals surface area contributed by atoms with Crippen molar-refractivity contribution in [3.63, 3.8) is 0 Å². The molecule has 0 saturated heterocycles. The van der Waals surface area contributed by atoms with Crippen molar-refractivity contribution in [1.29, 1.82) is 0 Å². The lowest BCUT2D eigenvalue weighted by Crippen LogP contribution is -2.04. The number of aromatic nitrogens is 2. The van der Waals surface area contributed by atoms with Crippen LogP contribution in [0.5, 0.6) is 5.75 Å². The minimum atomic E-state index is 0.257. The van der Waals surface area contributed by atoms with Crippen LogP contribution in [0.2, 0.25) is 0 Å². The van der Waals surface area contributed by atoms with Gasteiger partial charge in [0, 0.05) is 17.8 Å². The number of nitrogens with two attached hydrogens (primary N) is 1. The van der Waals surface area contributed by atoms with Crippen molar-refractivity contribution in [2.24, 2.45) is 5.73 Å². The summed E-state index contributed by atoms with van der Waals surface area (Å²) in [5.41, 5.74) is 8.77. The molecule has 1 aromatic carbocycles. The largest absolute Gasteiger partial charge is 0.508 e. The van der Waals surface area contributed by atoms with Gasteiger partial charge in [-0.25, -0.2) is 4.68 Å². The maximum atomic E-state index is 9.23. The van der Waals surface area contributed by atoms with Gasteiger partial charge >= 0.3 is 0 Å². The molecule has 1 aromatic heterocycles. The summed E-state index contributed by atoms with van der Waals surface area (Å²) in [6.07, 6.45) is 2.68. The van der Waals surface area contributed by atoms with Crippen LogP contribution in [0.1, 0.15) is 18.2 Å². The zero-order valence-electron chi connectivity index (χ0n) is 9.22. The summed E-state index contributed by atoms with van der Waals surface area (Å²) in [7, 11) is 0. The highest BCUT2D eigenvalue weighted by Gasteiger charge is 2.08. The number of hydrogen-bond acceptors (Lipinski definition) is 3. The number of hydrogen-bond donors (Lipinski definition) is 2. The summed E-state index contributed by atoms with van der Waals surface area (Å²) in [4.78, 5) is 0. The zero-order valence-corrected chi connectivity index (χ0v) is 9.22. The first-order chi connectivity index (χ1) is 7.76. The van der Waals surface area contributed by atoms with Crippen LogP contribution in [-0.4, -0.2) is 14.9 Å². The van der Waals surface area contributed by atoms with Gasteiger partial charge in [0.15, 0.2) is 0 Å². The Kier molecular flexibility index (Phi) is 2.92. The molecule has 4 heteroatoms. The Morgan fingerprint density at radius 2 is 2.00 bits per heavy atom. The SMILES string of the molecule is CCc1c(CN)cnn1-c1ccc(O)cc1. The van der Waals surface area contributed by atoms with Gasteiger partial charge in [-0.2, -0.15) is 5.10 Å². The molecule has 0 aliphatic carbocycles. The average molecular weight is 217 g/mol. The topological polar surface area (TPSA) is 64.1 Å². The minimum absolute atomic E-state index is 0.257. The van der Waals surface area contributed by atoms with Gasteiger partial charge in [0.05, 0.1) is 11.9 Å². The third-order valence-electron chi connectivity index (χ3n) is 2.60. The van der Waals surface area contributed by atoms with Crippen molar-refractivity contribution in [3.8, 4) is 11.4 Å². The third-order valence-corrected chi connectivity index (χ3v) is 2.60. The summed E-state index contributed by atoms with van der Waals surface area (Å²) >= 11 is 0. The smallest absolute Gasteiger partial charge is 0.115 e. The first-order valence-electron chi connectivity index (χ1n) is 5.31. The molecule has 0 bridgehead atoms. The van der Waals surface area contributed by atoms with Crippen LogP contribution in [-0.2, 0) is 13.0 Å². The van der Waals surface area contributed by atoms with Gasteiger partial charge in [-0.05, 0) is 30.7 Å². The lowest BCUT2D eigenvalue weighted by Gasteiger charge is -2.07. The van der Waals surface area contributed by atoms with E-state index < -0.39 is 0 Å². The van der Waals surface area contributed by atoms with E-state index in [9.17, 15) is 5.11 Å². The molecule has 3 N–H and O–H groups in total. The highest BCUT2D eigenvalue weighted by Crippen LogP contribution is 2.17. The number of phenolic OH excluding ortho intramolecular Hbond substituents is 1. The predicted molar refractivity (Wildman–Crippen MR) is 62.5 cm³/mol. The molecule has 2 aromatic rings. The lowest BCUT2D eigenvalue weighted by atomic mass is 10.2. The molecular weight excluding hydrogens is 202 g/mol. The standard InChI is InChI=1S/C12H15N3O/c1-2-12-9(7-13)8-14-15(12)10-3-5-11(16)6-4-10/h3-6,8,16H,2,7,13H2,1H3. The summed E-state index contributed by atoms with van der Waals surface area (Å²) in [5, 5.41) is 13.5. The Hall–Kier alpha value is -1.81. The molecule has 0 spiro atoms. The van der Waals surface area contributed by atoms with Gasteiger partial charge in [0.1, 0.15) is 5.75 Å². The monoisotopic (exact) mass is 217 g/mol. The van der Waals surface area contributed by atoms with E-state index in [-0.39, 0.29) is 5.75 Å². The lowest BCUT2D eigenvalue weighted by molar-refractivity contribution is 0.475. The average Bonchev–Trinajstić information content (AvgIpc) is 2.72. The Bertz CT molecular complexity index is 474. The second-order valence-electron chi connectivity index (χ2n) is 3.60. The van der Waals surface area contributed by atoms with Gasteiger partial charge in [-0.3, -0.25) is 0 Å². The summed E-state index contributed by atoms with van der Waals surface area (Å²) < 4.78 is 1.86. The fourth-order valence-corrected chi connectivity index (χ4v) is 1.77. The van der Waals surface area contributed by atoms with Crippen LogP contribution in [0.25, 0.3) is 5.69 Å². The van der Waals surface area contributed by atoms with Gasteiger partial charge < -0.3 is 10.8 Å². The molecule has 0 atom stereocenters. The second kappa shape index (κ2) is 4.37. The minimum Gasteiger partial charge on any atom is -0.508 e. The normalized spacial score (nSPS) is 10.6. The van der Waals surface area contributed by atoms with Crippen LogP contribution in [0.4, 0.5) is 0 Å². The maximum Gasteiger partial charge on any atom is 0.115 e. The molecule has 2 rings (SSSR count). The highest BCUT2D eigenvalue weighted by molar-refractivity contribution is 5.38. The fourth-order valence-electron chi connectivity index (χ4n) is 1.77. The molecular formula is C12H15N3O. The first kappa shape index (κ1) is 10.7. The van der Waals surface area contributed by atoms with Crippen molar-refractivity contribution < 1.29 is 5.11 Å². The van der Waals surface area contributed by atoms with Crippen molar-refractivity contribution in [1.82, 2.24) is 9.78 Å². The number of benzene rings is 1. The Balaban J connectivity index is 2.47. The van der Waals surface area contributed by atoms with E-state index >= 15 is 0 Å². The molecule has 1 heterocycles. The molecule has 0 amide bonds. The molecule has 16 heavy (non-hydrogen) atoms. The molecule has 84 valence electrons. The molecule has 4 nitrogen and oxygen atoms in total. The fraction of sp³-hybridized carbons (Fsp3) is 0.250. The van der Waals surface area contributed by atoms with Crippen molar-refractivity contribution >= 4 is 0 Å². The molecule has 0 fully saturated rings. The van der Waals surface area contributed by atoms with Gasteiger partial charge in [-0.1, -0.05) is 6.92 Å². The quantitative estimate of drug-likeness (QED) is 0.820. The Morgan fingerprint density at radius 3 is 2.56 bits per heavy atom. The molecule has 0 aliphatic rings. The number of aromatic hydroxyl groups is 1. The van der Waals surface area contributed by atoms with E-state index in [1.54, 1.807) is 18.3 Å². The van der Waals surface area contributed by atoms with Gasteiger partial charge in [0.2, 0.25) is 0 Å². The van der Waals surface area contributed by atoms with Crippen LogP contribution >= 0.6 is 0 Å². The van der Waals surface area contributed by atoms with E-state index in [0.29, 0.717) is 6.54 Å². The number of rotatable bonds is 3. The summed E-state index contributed by atoms with van der Waals surface area (Å²) in [6, 6.07) is 6.97. The first-order valence-corrected chi connectivity index (χ1v) is 5.31. The molecule has 0 radical (unpaired) electrons. The van der Waals surface area contributed by atoms with Crippen molar-refractivity contribution in [3.05, 3.63) is 41.7 Å². The zero-order chi connectivity index (χ0) is 11.5. The van der Waals surface area contributed by atoms with Crippen LogP contribution in [0, 0.1) is 0 Å². The maximum absolute atomic E-state index is 9.23. The van der Waals surface area contributed by atoms with Gasteiger partial charge in [0.25, 0.3) is 0 Å². The summed E-state index contributed by atoms with van der Waals surface area (Å²) in [5.74, 6) is 0.257. The van der Waals surface area contributed by atoms with Crippen LogP contribution < -0.4 is 5.73 Å². The van der Waals surface area contributed by atoms with E-state index in [0.717, 1.165) is 23.4 Å². The van der Waals surface area contributed by atoms with Crippen molar-refractivity contribution in [2.75, 3.05) is 0 Å². The van der Waals surface area contributed by atoms with Crippen molar-refractivity contribution in [2.45, 2.75) is 19.9 Å². The van der Waals surface area contributed by atoms with Gasteiger partial charge in [-0.15, -0.1) is 0 Å². The van der Waals surface area contributed by atoms with E-state index in [1.165, 1.54) is 0 Å². The molecule has 0 unspecified atom stereocenters.